The molecule has 0 saturated heterocycles. The summed E-state index contributed by atoms with van der Waals surface area (Å²) < 4.78 is 7.04. The summed E-state index contributed by atoms with van der Waals surface area (Å²) in [7, 11) is 0. The smallest absolute Gasteiger partial charge is 0.329 e. The average molecular weight is 502 g/mol. The summed E-state index contributed by atoms with van der Waals surface area (Å²) in [6.45, 7) is 0.366. The first-order chi connectivity index (χ1) is 16.1. The standard InChI is InChI=1S/C26H20BrN3O3/c27-20-9-6-7-18(15-20)17-33-24-14-13-19-8-4-5-12-22(19)23(24)16-28-30-26(32)25(31)29-21-10-2-1-3-11-21/h1-16H,17H2,(H,29,31)(H,30,32)/b28-16+. The van der Waals surface area contributed by atoms with E-state index in [1.54, 1.807) is 24.3 Å². The van der Waals surface area contributed by atoms with Gasteiger partial charge in [0.15, 0.2) is 0 Å². The maximum absolute atomic E-state index is 12.2. The number of fused-ring (bicyclic) bond motifs is 1. The Morgan fingerprint density at radius 2 is 1.67 bits per heavy atom. The number of halogens is 1. The van der Waals surface area contributed by atoms with Crippen LogP contribution in [0.1, 0.15) is 11.1 Å². The minimum absolute atomic E-state index is 0.366. The first-order valence-corrected chi connectivity index (χ1v) is 11.0. The fourth-order valence-corrected chi connectivity index (χ4v) is 3.68. The minimum atomic E-state index is -0.869. The molecule has 4 aromatic carbocycles. The SMILES string of the molecule is O=C(N/N=C/c1c(OCc2cccc(Br)c2)ccc2ccccc12)C(=O)Nc1ccccc1. The van der Waals surface area contributed by atoms with Crippen LogP contribution in [0.15, 0.2) is 101 Å². The third-order valence-corrected chi connectivity index (χ3v) is 5.30. The normalized spacial score (nSPS) is 10.8. The molecule has 0 saturated carbocycles. The summed E-state index contributed by atoms with van der Waals surface area (Å²) in [6.07, 6.45) is 1.49. The van der Waals surface area contributed by atoms with Crippen molar-refractivity contribution in [2.75, 3.05) is 5.32 Å². The van der Waals surface area contributed by atoms with Crippen molar-refractivity contribution < 1.29 is 14.3 Å². The zero-order valence-electron chi connectivity index (χ0n) is 17.5. The number of para-hydroxylation sites is 1. The van der Waals surface area contributed by atoms with Crippen molar-refractivity contribution in [3.63, 3.8) is 0 Å². The summed E-state index contributed by atoms with van der Waals surface area (Å²) >= 11 is 3.47. The number of carbonyl (C=O) groups excluding carboxylic acids is 2. The van der Waals surface area contributed by atoms with Crippen LogP contribution in [-0.4, -0.2) is 18.0 Å². The lowest BCUT2D eigenvalue weighted by Gasteiger charge is -2.12. The van der Waals surface area contributed by atoms with Gasteiger partial charge in [-0.05, 0) is 46.7 Å². The number of hydrogen-bond acceptors (Lipinski definition) is 4. The quantitative estimate of drug-likeness (QED) is 0.214. The second-order valence-corrected chi connectivity index (χ2v) is 8.05. The van der Waals surface area contributed by atoms with Crippen molar-refractivity contribution in [2.24, 2.45) is 5.10 Å². The second kappa shape index (κ2) is 10.6. The van der Waals surface area contributed by atoms with E-state index in [2.05, 4.69) is 31.8 Å². The zero-order valence-corrected chi connectivity index (χ0v) is 19.1. The van der Waals surface area contributed by atoms with Crippen molar-refractivity contribution in [2.45, 2.75) is 6.61 Å². The van der Waals surface area contributed by atoms with E-state index in [0.29, 0.717) is 23.6 Å². The first-order valence-electron chi connectivity index (χ1n) is 10.2. The number of anilines is 1. The lowest BCUT2D eigenvalue weighted by Crippen LogP contribution is -2.32. The summed E-state index contributed by atoms with van der Waals surface area (Å²) in [6, 6.07) is 28.2. The van der Waals surface area contributed by atoms with Crippen LogP contribution >= 0.6 is 15.9 Å². The molecule has 2 amide bonds. The largest absolute Gasteiger partial charge is 0.488 e. The van der Waals surface area contributed by atoms with Gasteiger partial charge in [-0.2, -0.15) is 5.10 Å². The topological polar surface area (TPSA) is 79.8 Å². The molecule has 33 heavy (non-hydrogen) atoms. The molecular weight excluding hydrogens is 482 g/mol. The van der Waals surface area contributed by atoms with E-state index in [4.69, 9.17) is 4.74 Å². The van der Waals surface area contributed by atoms with Gasteiger partial charge in [-0.1, -0.05) is 76.6 Å². The Labute approximate surface area is 199 Å². The molecule has 6 nitrogen and oxygen atoms in total. The van der Waals surface area contributed by atoms with E-state index in [1.807, 2.05) is 66.7 Å². The molecule has 164 valence electrons. The fraction of sp³-hybridized carbons (Fsp3) is 0.0385. The molecule has 0 aliphatic carbocycles. The van der Waals surface area contributed by atoms with Crippen LogP contribution in [0.4, 0.5) is 5.69 Å². The van der Waals surface area contributed by atoms with Gasteiger partial charge >= 0.3 is 11.8 Å². The minimum Gasteiger partial charge on any atom is -0.488 e. The van der Waals surface area contributed by atoms with Gasteiger partial charge in [0.1, 0.15) is 12.4 Å². The second-order valence-electron chi connectivity index (χ2n) is 7.14. The van der Waals surface area contributed by atoms with E-state index >= 15 is 0 Å². The number of nitrogens with zero attached hydrogens (tertiary/aromatic N) is 1. The summed E-state index contributed by atoms with van der Waals surface area (Å²) in [5, 5.41) is 8.45. The molecule has 0 aliphatic rings. The van der Waals surface area contributed by atoms with Crippen molar-refractivity contribution in [1.82, 2.24) is 5.43 Å². The number of carbonyl (C=O) groups is 2. The Morgan fingerprint density at radius 1 is 0.879 bits per heavy atom. The van der Waals surface area contributed by atoms with Crippen LogP contribution in [0.5, 0.6) is 5.75 Å². The van der Waals surface area contributed by atoms with Gasteiger partial charge in [0.05, 0.1) is 6.21 Å². The van der Waals surface area contributed by atoms with Crippen LogP contribution in [0.25, 0.3) is 10.8 Å². The maximum atomic E-state index is 12.2. The number of rotatable bonds is 6. The van der Waals surface area contributed by atoms with Gasteiger partial charge in [-0.3, -0.25) is 9.59 Å². The van der Waals surface area contributed by atoms with Crippen LogP contribution < -0.4 is 15.5 Å². The summed E-state index contributed by atoms with van der Waals surface area (Å²) in [4.78, 5) is 24.3. The van der Waals surface area contributed by atoms with Crippen molar-refractivity contribution in [3.8, 4) is 5.75 Å². The number of amides is 2. The van der Waals surface area contributed by atoms with Crippen molar-refractivity contribution in [1.29, 1.82) is 0 Å². The Balaban J connectivity index is 1.51. The van der Waals surface area contributed by atoms with Gasteiger partial charge in [0.25, 0.3) is 0 Å². The molecule has 0 unspecified atom stereocenters. The van der Waals surface area contributed by atoms with Crippen molar-refractivity contribution in [3.05, 3.63) is 107 Å². The predicted molar refractivity (Wildman–Crippen MR) is 133 cm³/mol. The van der Waals surface area contributed by atoms with E-state index < -0.39 is 11.8 Å². The lowest BCUT2D eigenvalue weighted by molar-refractivity contribution is -0.136. The van der Waals surface area contributed by atoms with Gasteiger partial charge in [0.2, 0.25) is 0 Å². The Hall–Kier alpha value is -3.97. The molecule has 4 rings (SSSR count). The molecule has 7 heteroatoms. The molecule has 4 aromatic rings. The van der Waals surface area contributed by atoms with Gasteiger partial charge in [0, 0.05) is 15.7 Å². The average Bonchev–Trinajstić information content (AvgIpc) is 2.84. The van der Waals surface area contributed by atoms with Crippen LogP contribution in [0, 0.1) is 0 Å². The number of ether oxygens (including phenoxy) is 1. The van der Waals surface area contributed by atoms with Crippen molar-refractivity contribution >= 4 is 50.4 Å². The third-order valence-electron chi connectivity index (χ3n) is 4.81. The molecule has 0 spiro atoms. The highest BCUT2D eigenvalue weighted by atomic mass is 79.9. The van der Waals surface area contributed by atoms with Gasteiger partial charge in [-0.25, -0.2) is 5.43 Å². The highest BCUT2D eigenvalue weighted by molar-refractivity contribution is 9.10. The number of hydrogen-bond donors (Lipinski definition) is 2. The van der Waals surface area contributed by atoms with Crippen LogP contribution in [0.3, 0.4) is 0 Å². The first kappa shape index (κ1) is 22.2. The van der Waals surface area contributed by atoms with E-state index in [-0.39, 0.29) is 0 Å². The van der Waals surface area contributed by atoms with Crippen LogP contribution in [0.2, 0.25) is 0 Å². The van der Waals surface area contributed by atoms with E-state index in [9.17, 15) is 9.59 Å². The lowest BCUT2D eigenvalue weighted by atomic mass is 10.0. The maximum Gasteiger partial charge on any atom is 0.329 e. The Kier molecular flexibility index (Phi) is 7.12. The molecule has 0 fully saturated rings. The zero-order chi connectivity index (χ0) is 23.0. The van der Waals surface area contributed by atoms with E-state index in [0.717, 1.165) is 20.8 Å². The molecule has 0 aliphatic heterocycles. The Bertz CT molecular complexity index is 1320. The molecule has 0 radical (unpaired) electrons. The number of benzene rings is 4. The summed E-state index contributed by atoms with van der Waals surface area (Å²) in [5.41, 5.74) is 4.51. The fourth-order valence-electron chi connectivity index (χ4n) is 3.24. The Morgan fingerprint density at radius 3 is 2.48 bits per heavy atom. The third kappa shape index (κ3) is 5.84. The monoisotopic (exact) mass is 501 g/mol. The van der Waals surface area contributed by atoms with Gasteiger partial charge in [-0.15, -0.1) is 0 Å². The summed E-state index contributed by atoms with van der Waals surface area (Å²) in [5.74, 6) is -1.06. The molecule has 0 atom stereocenters. The molecule has 0 bridgehead atoms. The van der Waals surface area contributed by atoms with Crippen LogP contribution in [-0.2, 0) is 16.2 Å². The number of nitrogens with one attached hydrogen (secondary N) is 2. The number of hydrazone groups is 1. The highest BCUT2D eigenvalue weighted by Crippen LogP contribution is 2.27. The predicted octanol–water partition coefficient (Wildman–Crippen LogP) is 5.27. The molecule has 2 N–H and O–H groups in total. The molecular formula is C26H20BrN3O3. The van der Waals surface area contributed by atoms with Gasteiger partial charge < -0.3 is 10.1 Å². The molecule has 0 heterocycles. The highest BCUT2D eigenvalue weighted by Gasteiger charge is 2.13. The van der Waals surface area contributed by atoms with E-state index in [1.165, 1.54) is 6.21 Å². The molecule has 0 aromatic heterocycles.